The Bertz CT molecular complexity index is 1120. The SMILES string of the molecule is CCNc1ccc(/C=C/c2ccc(NC(C)C)cc2S(=O)(=O)O)c(S(=O)(=O)O)c1. The molecule has 8 nitrogen and oxygen atoms in total. The van der Waals surface area contributed by atoms with Gasteiger partial charge in [0.2, 0.25) is 0 Å². The quantitative estimate of drug-likeness (QED) is 0.361. The van der Waals surface area contributed by atoms with E-state index in [2.05, 4.69) is 10.6 Å². The molecule has 0 aromatic heterocycles. The fourth-order valence-corrected chi connectivity index (χ4v) is 4.13. The second kappa shape index (κ2) is 8.95. The van der Waals surface area contributed by atoms with Crippen LogP contribution in [0.25, 0.3) is 12.2 Å². The first-order valence-electron chi connectivity index (χ1n) is 8.83. The molecular weight excluding hydrogens is 416 g/mol. The Balaban J connectivity index is 2.54. The van der Waals surface area contributed by atoms with Crippen molar-refractivity contribution in [2.75, 3.05) is 17.2 Å². The monoisotopic (exact) mass is 440 g/mol. The first kappa shape index (κ1) is 22.9. The van der Waals surface area contributed by atoms with Gasteiger partial charge in [0.25, 0.3) is 20.2 Å². The molecule has 0 atom stereocenters. The lowest BCUT2D eigenvalue weighted by Crippen LogP contribution is -2.11. The molecule has 0 amide bonds. The average molecular weight is 441 g/mol. The molecule has 0 spiro atoms. The molecule has 2 aromatic carbocycles. The van der Waals surface area contributed by atoms with E-state index in [0.717, 1.165) is 0 Å². The first-order chi connectivity index (χ1) is 13.4. The van der Waals surface area contributed by atoms with Crippen molar-refractivity contribution in [1.82, 2.24) is 0 Å². The van der Waals surface area contributed by atoms with Gasteiger partial charge < -0.3 is 10.6 Å². The molecule has 4 N–H and O–H groups in total. The first-order valence-corrected chi connectivity index (χ1v) is 11.7. The Morgan fingerprint density at radius 2 is 1.31 bits per heavy atom. The van der Waals surface area contributed by atoms with Crippen LogP contribution in [0.4, 0.5) is 11.4 Å². The van der Waals surface area contributed by atoms with Crippen molar-refractivity contribution in [2.45, 2.75) is 36.6 Å². The molecule has 0 heterocycles. The summed E-state index contributed by atoms with van der Waals surface area (Å²) in [5, 5.41) is 6.00. The van der Waals surface area contributed by atoms with Crippen LogP contribution in [-0.2, 0) is 20.2 Å². The van der Waals surface area contributed by atoms with Gasteiger partial charge in [0.05, 0.1) is 0 Å². The number of hydrogen-bond acceptors (Lipinski definition) is 6. The van der Waals surface area contributed by atoms with Gasteiger partial charge in [0, 0.05) is 24.0 Å². The van der Waals surface area contributed by atoms with Crippen LogP contribution in [0.1, 0.15) is 31.9 Å². The lowest BCUT2D eigenvalue weighted by atomic mass is 10.1. The fraction of sp³-hybridized carbons (Fsp3) is 0.263. The third-order valence-electron chi connectivity index (χ3n) is 3.86. The lowest BCUT2D eigenvalue weighted by molar-refractivity contribution is 0.480. The number of nitrogens with one attached hydrogen (secondary N) is 2. The third-order valence-corrected chi connectivity index (χ3v) is 5.68. The molecule has 0 bridgehead atoms. The van der Waals surface area contributed by atoms with Gasteiger partial charge in [-0.05, 0) is 56.2 Å². The molecule has 29 heavy (non-hydrogen) atoms. The van der Waals surface area contributed by atoms with E-state index in [1.165, 1.54) is 36.4 Å². The molecule has 0 fully saturated rings. The molecule has 2 rings (SSSR count). The summed E-state index contributed by atoms with van der Waals surface area (Å²) < 4.78 is 66.2. The minimum atomic E-state index is -4.52. The second-order valence-corrected chi connectivity index (χ2v) is 9.40. The summed E-state index contributed by atoms with van der Waals surface area (Å²) in [5.74, 6) is 0. The molecule has 0 radical (unpaired) electrons. The highest BCUT2D eigenvalue weighted by atomic mass is 32.2. The zero-order valence-electron chi connectivity index (χ0n) is 16.2. The molecule has 0 saturated carbocycles. The molecule has 0 aliphatic heterocycles. The van der Waals surface area contributed by atoms with E-state index in [0.29, 0.717) is 17.9 Å². The van der Waals surface area contributed by atoms with Crippen molar-refractivity contribution < 1.29 is 25.9 Å². The van der Waals surface area contributed by atoms with E-state index in [9.17, 15) is 25.9 Å². The van der Waals surface area contributed by atoms with Crippen LogP contribution in [0.3, 0.4) is 0 Å². The number of benzene rings is 2. The molecule has 0 aliphatic carbocycles. The zero-order valence-corrected chi connectivity index (χ0v) is 17.9. The van der Waals surface area contributed by atoms with Crippen LogP contribution in [0.15, 0.2) is 46.2 Å². The van der Waals surface area contributed by atoms with Gasteiger partial charge in [0.15, 0.2) is 0 Å². The second-order valence-electron chi connectivity index (χ2n) is 6.62. The van der Waals surface area contributed by atoms with E-state index in [1.54, 1.807) is 12.1 Å². The maximum Gasteiger partial charge on any atom is 0.295 e. The van der Waals surface area contributed by atoms with Gasteiger partial charge in [-0.25, -0.2) is 0 Å². The highest BCUT2D eigenvalue weighted by molar-refractivity contribution is 7.86. The minimum Gasteiger partial charge on any atom is -0.385 e. The summed E-state index contributed by atoms with van der Waals surface area (Å²) in [7, 11) is -9.02. The van der Waals surface area contributed by atoms with Crippen molar-refractivity contribution in [3.8, 4) is 0 Å². The van der Waals surface area contributed by atoms with Crippen molar-refractivity contribution in [2.24, 2.45) is 0 Å². The average Bonchev–Trinajstić information content (AvgIpc) is 2.59. The predicted molar refractivity (Wildman–Crippen MR) is 114 cm³/mol. The number of rotatable bonds is 8. The van der Waals surface area contributed by atoms with Crippen LogP contribution in [-0.4, -0.2) is 38.5 Å². The smallest absolute Gasteiger partial charge is 0.295 e. The van der Waals surface area contributed by atoms with Gasteiger partial charge in [-0.2, -0.15) is 16.8 Å². The molecule has 0 aliphatic rings. The van der Waals surface area contributed by atoms with Gasteiger partial charge in [-0.1, -0.05) is 24.3 Å². The molecule has 10 heteroatoms. The normalized spacial score (nSPS) is 12.5. The van der Waals surface area contributed by atoms with Crippen LogP contribution < -0.4 is 10.6 Å². The van der Waals surface area contributed by atoms with Crippen molar-refractivity contribution in [3.05, 3.63) is 47.5 Å². The summed E-state index contributed by atoms with van der Waals surface area (Å²) in [5.41, 5.74) is 1.36. The molecule has 0 saturated heterocycles. The number of anilines is 2. The standard InChI is InChI=1S/C19H24N2O6S2/c1-4-20-16-9-7-14(18(11-16)28(22,23)24)5-6-15-8-10-17(21-13(2)3)12-19(15)29(25,26)27/h5-13,20-21H,4H2,1-3H3,(H,22,23,24)(H,25,26,27)/b6-5+. The van der Waals surface area contributed by atoms with E-state index >= 15 is 0 Å². The van der Waals surface area contributed by atoms with Crippen molar-refractivity contribution >= 4 is 43.8 Å². The van der Waals surface area contributed by atoms with Gasteiger partial charge >= 0.3 is 0 Å². The van der Waals surface area contributed by atoms with E-state index in [-0.39, 0.29) is 27.0 Å². The Morgan fingerprint density at radius 3 is 1.72 bits per heavy atom. The van der Waals surface area contributed by atoms with Gasteiger partial charge in [0.1, 0.15) is 9.79 Å². The van der Waals surface area contributed by atoms with E-state index in [4.69, 9.17) is 0 Å². The third kappa shape index (κ3) is 6.29. The summed E-state index contributed by atoms with van der Waals surface area (Å²) >= 11 is 0. The van der Waals surface area contributed by atoms with Crippen LogP contribution >= 0.6 is 0 Å². The predicted octanol–water partition coefficient (Wildman–Crippen LogP) is 3.60. The highest BCUT2D eigenvalue weighted by Gasteiger charge is 2.17. The maximum absolute atomic E-state index is 11.8. The van der Waals surface area contributed by atoms with Crippen LogP contribution in [0.5, 0.6) is 0 Å². The Labute approximate surface area is 171 Å². The van der Waals surface area contributed by atoms with Crippen molar-refractivity contribution in [1.29, 1.82) is 0 Å². The number of hydrogen-bond donors (Lipinski definition) is 4. The molecule has 0 unspecified atom stereocenters. The van der Waals surface area contributed by atoms with Crippen molar-refractivity contribution in [3.63, 3.8) is 0 Å². The Kier molecular flexibility index (Phi) is 7.06. The Hall–Kier alpha value is -2.40. The maximum atomic E-state index is 11.8. The van der Waals surface area contributed by atoms with Gasteiger partial charge in [-0.15, -0.1) is 0 Å². The molecular formula is C19H24N2O6S2. The molecule has 158 valence electrons. The van der Waals surface area contributed by atoms with Crippen LogP contribution in [0, 0.1) is 0 Å². The topological polar surface area (TPSA) is 133 Å². The van der Waals surface area contributed by atoms with E-state index < -0.39 is 20.2 Å². The zero-order chi connectivity index (χ0) is 21.8. The minimum absolute atomic E-state index is 0.0539. The van der Waals surface area contributed by atoms with Crippen LogP contribution in [0.2, 0.25) is 0 Å². The lowest BCUT2D eigenvalue weighted by Gasteiger charge is -2.12. The van der Waals surface area contributed by atoms with Gasteiger partial charge in [-0.3, -0.25) is 9.11 Å². The van der Waals surface area contributed by atoms with E-state index in [1.807, 2.05) is 20.8 Å². The summed E-state index contributed by atoms with van der Waals surface area (Å²) in [4.78, 5) is -0.643. The summed E-state index contributed by atoms with van der Waals surface area (Å²) in [6.45, 7) is 6.17. The highest BCUT2D eigenvalue weighted by Crippen LogP contribution is 2.26. The molecule has 2 aromatic rings. The fourth-order valence-electron chi connectivity index (χ4n) is 2.71. The largest absolute Gasteiger partial charge is 0.385 e. The Morgan fingerprint density at radius 1 is 0.862 bits per heavy atom. The summed E-state index contributed by atoms with van der Waals surface area (Å²) in [6.07, 6.45) is 2.72. The summed E-state index contributed by atoms with van der Waals surface area (Å²) in [6, 6.07) is 8.90.